The molecule has 0 unspecified atom stereocenters. The number of sulfonamides is 1. The van der Waals surface area contributed by atoms with Crippen LogP contribution in [0.25, 0.3) is 0 Å². The first kappa shape index (κ1) is 14.9. The molecule has 1 aromatic heterocycles. The SMILES string of the molecule is Cc1ncc(CN(C)S(=O)(=O)c2cc(F)ccc2N)s1. The van der Waals surface area contributed by atoms with E-state index in [0.29, 0.717) is 0 Å². The summed E-state index contributed by atoms with van der Waals surface area (Å²) in [7, 11) is -2.41. The quantitative estimate of drug-likeness (QED) is 0.876. The van der Waals surface area contributed by atoms with Crippen molar-refractivity contribution in [3.8, 4) is 0 Å². The van der Waals surface area contributed by atoms with Gasteiger partial charge in [-0.05, 0) is 25.1 Å². The fourth-order valence-electron chi connectivity index (χ4n) is 1.68. The third-order valence-electron chi connectivity index (χ3n) is 2.71. The number of hydrogen-bond acceptors (Lipinski definition) is 5. The molecule has 0 amide bonds. The summed E-state index contributed by atoms with van der Waals surface area (Å²) in [4.78, 5) is 4.66. The van der Waals surface area contributed by atoms with Crippen LogP contribution in [0.3, 0.4) is 0 Å². The lowest BCUT2D eigenvalue weighted by Gasteiger charge is -2.17. The summed E-state index contributed by atoms with van der Waals surface area (Å²) in [6.07, 6.45) is 1.63. The molecule has 2 N–H and O–H groups in total. The van der Waals surface area contributed by atoms with Gasteiger partial charge in [0.2, 0.25) is 10.0 Å². The van der Waals surface area contributed by atoms with Crippen molar-refractivity contribution in [2.45, 2.75) is 18.4 Å². The van der Waals surface area contributed by atoms with Gasteiger partial charge in [0.1, 0.15) is 10.7 Å². The van der Waals surface area contributed by atoms with Gasteiger partial charge >= 0.3 is 0 Å². The maximum absolute atomic E-state index is 13.2. The number of anilines is 1. The van der Waals surface area contributed by atoms with Crippen LogP contribution >= 0.6 is 11.3 Å². The van der Waals surface area contributed by atoms with Gasteiger partial charge in [0.15, 0.2) is 0 Å². The zero-order chi connectivity index (χ0) is 14.9. The molecule has 108 valence electrons. The van der Waals surface area contributed by atoms with E-state index in [1.165, 1.54) is 24.5 Å². The Hall–Kier alpha value is -1.51. The van der Waals surface area contributed by atoms with E-state index in [1.807, 2.05) is 6.92 Å². The van der Waals surface area contributed by atoms with Crippen molar-refractivity contribution in [2.24, 2.45) is 0 Å². The smallest absolute Gasteiger partial charge is 0.245 e. The molecule has 0 aliphatic rings. The number of benzene rings is 1. The van der Waals surface area contributed by atoms with Crippen molar-refractivity contribution in [1.82, 2.24) is 9.29 Å². The molecule has 20 heavy (non-hydrogen) atoms. The van der Waals surface area contributed by atoms with Crippen LogP contribution in [-0.2, 0) is 16.6 Å². The highest BCUT2D eigenvalue weighted by atomic mass is 32.2. The van der Waals surface area contributed by atoms with Crippen LogP contribution < -0.4 is 5.73 Å². The summed E-state index contributed by atoms with van der Waals surface area (Å²) in [5.74, 6) is -0.639. The van der Waals surface area contributed by atoms with Gasteiger partial charge in [0, 0.05) is 24.7 Å². The summed E-state index contributed by atoms with van der Waals surface area (Å²) in [5, 5.41) is 0.857. The van der Waals surface area contributed by atoms with Gasteiger partial charge in [-0.25, -0.2) is 17.8 Å². The molecule has 2 rings (SSSR count). The molecule has 5 nitrogen and oxygen atoms in total. The molecular formula is C12H14FN3O2S2. The van der Waals surface area contributed by atoms with Crippen LogP contribution in [0.1, 0.15) is 9.88 Å². The molecule has 0 fully saturated rings. The van der Waals surface area contributed by atoms with Crippen LogP contribution in [0.15, 0.2) is 29.3 Å². The van der Waals surface area contributed by atoms with Gasteiger partial charge in [-0.1, -0.05) is 0 Å². The maximum Gasteiger partial charge on any atom is 0.245 e. The maximum atomic E-state index is 13.2. The van der Waals surface area contributed by atoms with E-state index >= 15 is 0 Å². The molecule has 0 radical (unpaired) electrons. The Kier molecular flexibility index (Phi) is 4.07. The van der Waals surface area contributed by atoms with E-state index in [4.69, 9.17) is 5.73 Å². The number of hydrogen-bond donors (Lipinski definition) is 1. The van der Waals surface area contributed by atoms with Gasteiger partial charge in [-0.3, -0.25) is 0 Å². The van der Waals surface area contributed by atoms with E-state index < -0.39 is 15.8 Å². The first-order valence-corrected chi connectivity index (χ1v) is 7.99. The van der Waals surface area contributed by atoms with E-state index in [-0.39, 0.29) is 17.1 Å². The van der Waals surface area contributed by atoms with Gasteiger partial charge in [-0.15, -0.1) is 11.3 Å². The van der Waals surface area contributed by atoms with Gasteiger partial charge in [-0.2, -0.15) is 4.31 Å². The van der Waals surface area contributed by atoms with E-state index in [2.05, 4.69) is 4.98 Å². The van der Waals surface area contributed by atoms with Crippen molar-refractivity contribution in [2.75, 3.05) is 12.8 Å². The molecule has 0 saturated carbocycles. The highest BCUT2D eigenvalue weighted by Crippen LogP contribution is 2.24. The minimum atomic E-state index is -3.83. The average Bonchev–Trinajstić information content (AvgIpc) is 2.77. The highest BCUT2D eigenvalue weighted by Gasteiger charge is 2.24. The Morgan fingerprint density at radius 1 is 1.45 bits per heavy atom. The molecule has 0 atom stereocenters. The van der Waals surface area contributed by atoms with Crippen molar-refractivity contribution in [1.29, 1.82) is 0 Å². The molecule has 0 spiro atoms. The normalized spacial score (nSPS) is 12.0. The Morgan fingerprint density at radius 3 is 2.75 bits per heavy atom. The number of halogens is 1. The lowest BCUT2D eigenvalue weighted by atomic mass is 10.3. The molecule has 0 aliphatic carbocycles. The third kappa shape index (κ3) is 2.97. The van der Waals surface area contributed by atoms with Crippen LogP contribution in [0.4, 0.5) is 10.1 Å². The first-order valence-electron chi connectivity index (χ1n) is 5.73. The minimum absolute atomic E-state index is 0.0266. The van der Waals surface area contributed by atoms with Crippen molar-refractivity contribution in [3.05, 3.63) is 40.1 Å². The fraction of sp³-hybridized carbons (Fsp3) is 0.250. The summed E-state index contributed by atoms with van der Waals surface area (Å²) in [5.41, 5.74) is 5.66. The van der Waals surface area contributed by atoms with E-state index in [9.17, 15) is 12.8 Å². The number of aromatic nitrogens is 1. The Labute approximate surface area is 120 Å². The molecular weight excluding hydrogens is 301 g/mol. The summed E-state index contributed by atoms with van der Waals surface area (Å²) in [6.45, 7) is 2.01. The number of nitrogens with zero attached hydrogens (tertiary/aromatic N) is 2. The Balaban J connectivity index is 2.32. The van der Waals surface area contributed by atoms with Crippen molar-refractivity contribution >= 4 is 27.0 Å². The third-order valence-corrected chi connectivity index (χ3v) is 5.47. The predicted octanol–water partition coefficient (Wildman–Crippen LogP) is 1.99. The Bertz CT molecular complexity index is 728. The van der Waals surface area contributed by atoms with Gasteiger partial charge in [0.05, 0.1) is 10.7 Å². The van der Waals surface area contributed by atoms with Crippen molar-refractivity contribution in [3.63, 3.8) is 0 Å². The predicted molar refractivity (Wildman–Crippen MR) is 76.3 cm³/mol. The van der Waals surface area contributed by atoms with Crippen LogP contribution in [0, 0.1) is 12.7 Å². The van der Waals surface area contributed by atoms with Crippen molar-refractivity contribution < 1.29 is 12.8 Å². The zero-order valence-electron chi connectivity index (χ0n) is 11.0. The van der Waals surface area contributed by atoms with E-state index in [0.717, 1.165) is 26.3 Å². The molecule has 0 bridgehead atoms. The number of thiazole rings is 1. The van der Waals surface area contributed by atoms with Crippen LogP contribution in [-0.4, -0.2) is 24.8 Å². The molecule has 2 aromatic rings. The summed E-state index contributed by atoms with van der Waals surface area (Å²) in [6, 6.07) is 3.30. The van der Waals surface area contributed by atoms with Gasteiger partial charge in [0.25, 0.3) is 0 Å². The lowest BCUT2D eigenvalue weighted by molar-refractivity contribution is 0.469. The van der Waals surface area contributed by atoms with Gasteiger partial charge < -0.3 is 5.73 Å². The topological polar surface area (TPSA) is 76.3 Å². The monoisotopic (exact) mass is 315 g/mol. The number of aryl methyl sites for hydroxylation is 1. The fourth-order valence-corrected chi connectivity index (χ4v) is 3.88. The molecule has 0 saturated heterocycles. The molecule has 8 heteroatoms. The highest BCUT2D eigenvalue weighted by molar-refractivity contribution is 7.89. The number of nitrogen functional groups attached to an aromatic ring is 1. The molecule has 1 aromatic carbocycles. The Morgan fingerprint density at radius 2 is 2.15 bits per heavy atom. The standard InChI is InChI=1S/C12H14FN3O2S2/c1-8-15-6-10(19-8)7-16(2)20(17,18)12-5-9(13)3-4-11(12)14/h3-6H,7,14H2,1-2H3. The second-order valence-electron chi connectivity index (χ2n) is 4.29. The summed E-state index contributed by atoms with van der Waals surface area (Å²) >= 11 is 1.41. The van der Waals surface area contributed by atoms with Crippen LogP contribution in [0.5, 0.6) is 0 Å². The molecule has 1 heterocycles. The average molecular weight is 315 g/mol. The molecule has 0 aliphatic heterocycles. The lowest BCUT2D eigenvalue weighted by Crippen LogP contribution is -2.27. The second-order valence-corrected chi connectivity index (χ2v) is 7.62. The zero-order valence-corrected chi connectivity index (χ0v) is 12.6. The first-order chi connectivity index (χ1) is 9.30. The minimum Gasteiger partial charge on any atom is -0.398 e. The van der Waals surface area contributed by atoms with Crippen LogP contribution in [0.2, 0.25) is 0 Å². The number of nitrogens with two attached hydrogens (primary N) is 1. The number of rotatable bonds is 4. The second kappa shape index (κ2) is 5.47. The largest absolute Gasteiger partial charge is 0.398 e. The summed E-state index contributed by atoms with van der Waals surface area (Å²) < 4.78 is 39.1. The van der Waals surface area contributed by atoms with E-state index in [1.54, 1.807) is 6.20 Å².